The lowest BCUT2D eigenvalue weighted by Gasteiger charge is -2.29. The van der Waals surface area contributed by atoms with Gasteiger partial charge in [0, 0.05) is 30.9 Å². The van der Waals surface area contributed by atoms with Crippen LogP contribution in [0.1, 0.15) is 31.9 Å². The number of anilines is 1. The first-order valence-electron chi connectivity index (χ1n) is 6.45. The lowest BCUT2D eigenvalue weighted by Crippen LogP contribution is -2.32. The van der Waals surface area contributed by atoms with Crippen molar-refractivity contribution in [3.8, 4) is 0 Å². The van der Waals surface area contributed by atoms with Gasteiger partial charge in [-0.05, 0) is 45.4 Å². The van der Waals surface area contributed by atoms with Crippen LogP contribution in [0.5, 0.6) is 0 Å². The van der Waals surface area contributed by atoms with Gasteiger partial charge in [-0.2, -0.15) is 11.8 Å². The zero-order chi connectivity index (χ0) is 13.5. The van der Waals surface area contributed by atoms with E-state index in [4.69, 9.17) is 0 Å². The van der Waals surface area contributed by atoms with Crippen molar-refractivity contribution < 1.29 is 0 Å². The smallest absolute Gasteiger partial charge is 0.133 e. The predicted octanol–water partition coefficient (Wildman–Crippen LogP) is 2.94. The summed E-state index contributed by atoms with van der Waals surface area (Å²) >= 11 is 1.90. The Morgan fingerprint density at radius 2 is 2.17 bits per heavy atom. The van der Waals surface area contributed by atoms with Crippen molar-refractivity contribution in [3.05, 3.63) is 23.9 Å². The summed E-state index contributed by atoms with van der Waals surface area (Å²) in [6.45, 7) is 4.43. The molecule has 0 aliphatic carbocycles. The van der Waals surface area contributed by atoms with Crippen molar-refractivity contribution in [1.82, 2.24) is 10.3 Å². The van der Waals surface area contributed by atoms with E-state index in [0.717, 1.165) is 5.82 Å². The summed E-state index contributed by atoms with van der Waals surface area (Å²) in [5, 5.41) is 3.29. The second-order valence-corrected chi connectivity index (χ2v) is 5.65. The van der Waals surface area contributed by atoms with Crippen LogP contribution in [0, 0.1) is 0 Å². The molecule has 0 aliphatic heterocycles. The zero-order valence-corrected chi connectivity index (χ0v) is 12.9. The number of aromatic nitrogens is 1. The van der Waals surface area contributed by atoms with Crippen LogP contribution >= 0.6 is 11.8 Å². The number of hydrogen-bond acceptors (Lipinski definition) is 4. The Morgan fingerprint density at radius 1 is 1.44 bits per heavy atom. The number of hydrogen-bond donors (Lipinski definition) is 1. The number of rotatable bonds is 7. The first kappa shape index (κ1) is 15.3. The highest BCUT2D eigenvalue weighted by molar-refractivity contribution is 7.98. The molecule has 0 saturated heterocycles. The van der Waals surface area contributed by atoms with Crippen LogP contribution in [-0.2, 0) is 0 Å². The molecule has 1 aromatic heterocycles. The average molecular weight is 267 g/mol. The number of nitrogens with zero attached hydrogens (tertiary/aromatic N) is 2. The maximum absolute atomic E-state index is 4.56. The van der Waals surface area contributed by atoms with Crippen LogP contribution in [0.2, 0.25) is 0 Å². The summed E-state index contributed by atoms with van der Waals surface area (Å²) in [4.78, 5) is 6.85. The molecule has 0 saturated carbocycles. The summed E-state index contributed by atoms with van der Waals surface area (Å²) in [6, 6.07) is 4.99. The van der Waals surface area contributed by atoms with Crippen LogP contribution in [0.4, 0.5) is 5.82 Å². The molecule has 0 radical (unpaired) electrons. The van der Waals surface area contributed by atoms with E-state index in [1.165, 1.54) is 17.7 Å². The molecule has 0 amide bonds. The molecule has 1 aromatic rings. The van der Waals surface area contributed by atoms with Crippen molar-refractivity contribution in [3.63, 3.8) is 0 Å². The van der Waals surface area contributed by atoms with Gasteiger partial charge in [0.15, 0.2) is 0 Å². The van der Waals surface area contributed by atoms with E-state index < -0.39 is 0 Å². The topological polar surface area (TPSA) is 28.2 Å². The minimum atomic E-state index is 0.323. The van der Waals surface area contributed by atoms with E-state index in [1.54, 1.807) is 0 Å². The van der Waals surface area contributed by atoms with Crippen molar-refractivity contribution >= 4 is 17.6 Å². The number of thioether (sulfide) groups is 1. The fourth-order valence-electron chi connectivity index (χ4n) is 1.89. The van der Waals surface area contributed by atoms with Gasteiger partial charge >= 0.3 is 0 Å². The first-order chi connectivity index (χ1) is 8.61. The summed E-state index contributed by atoms with van der Waals surface area (Å²) in [5.74, 6) is 2.28. The summed E-state index contributed by atoms with van der Waals surface area (Å²) < 4.78 is 0. The maximum Gasteiger partial charge on any atom is 0.133 e. The Bertz CT molecular complexity index is 357. The lowest BCUT2D eigenvalue weighted by molar-refractivity contribution is 0.624. The summed E-state index contributed by atoms with van der Waals surface area (Å²) in [6.07, 6.45) is 5.21. The van der Waals surface area contributed by atoms with E-state index in [2.05, 4.69) is 48.4 Å². The van der Waals surface area contributed by atoms with Gasteiger partial charge in [0.05, 0.1) is 0 Å². The second kappa shape index (κ2) is 7.64. The van der Waals surface area contributed by atoms with Crippen molar-refractivity contribution in [2.75, 3.05) is 31.0 Å². The fraction of sp³-hybridized carbons (Fsp3) is 0.643. The molecule has 4 heteroatoms. The number of nitrogens with one attached hydrogen (secondary N) is 1. The van der Waals surface area contributed by atoms with Gasteiger partial charge in [-0.3, -0.25) is 0 Å². The predicted molar refractivity (Wildman–Crippen MR) is 82.6 cm³/mol. The normalized spacial score (nSPS) is 14.3. The molecule has 18 heavy (non-hydrogen) atoms. The Hall–Kier alpha value is -0.740. The van der Waals surface area contributed by atoms with Crippen molar-refractivity contribution in [1.29, 1.82) is 0 Å². The molecule has 0 aliphatic rings. The van der Waals surface area contributed by atoms with Gasteiger partial charge < -0.3 is 10.2 Å². The molecule has 3 nitrogen and oxygen atoms in total. The van der Waals surface area contributed by atoms with E-state index in [0.29, 0.717) is 12.1 Å². The van der Waals surface area contributed by atoms with Gasteiger partial charge in [-0.15, -0.1) is 0 Å². The first-order valence-corrected chi connectivity index (χ1v) is 7.85. The molecule has 1 rings (SSSR count). The van der Waals surface area contributed by atoms with Gasteiger partial charge in [0.2, 0.25) is 0 Å². The summed E-state index contributed by atoms with van der Waals surface area (Å²) in [7, 11) is 4.12. The molecule has 2 atom stereocenters. The van der Waals surface area contributed by atoms with Crippen LogP contribution in [-0.4, -0.2) is 37.1 Å². The molecule has 0 spiro atoms. The van der Waals surface area contributed by atoms with Crippen LogP contribution < -0.4 is 10.2 Å². The molecular weight excluding hydrogens is 242 g/mol. The third-order valence-electron chi connectivity index (χ3n) is 3.45. The molecule has 1 heterocycles. The van der Waals surface area contributed by atoms with Crippen LogP contribution in [0.15, 0.2) is 18.3 Å². The second-order valence-electron chi connectivity index (χ2n) is 4.67. The van der Waals surface area contributed by atoms with Crippen LogP contribution in [0.25, 0.3) is 0 Å². The average Bonchev–Trinajstić information content (AvgIpc) is 2.43. The van der Waals surface area contributed by atoms with Crippen LogP contribution in [0.3, 0.4) is 0 Å². The van der Waals surface area contributed by atoms with E-state index in [1.807, 2.05) is 31.1 Å². The molecule has 0 bridgehead atoms. The third-order valence-corrected chi connectivity index (χ3v) is 4.10. The van der Waals surface area contributed by atoms with Gasteiger partial charge in [0.25, 0.3) is 0 Å². The van der Waals surface area contributed by atoms with Crippen molar-refractivity contribution in [2.24, 2.45) is 0 Å². The highest BCUT2D eigenvalue weighted by Gasteiger charge is 2.17. The van der Waals surface area contributed by atoms with Gasteiger partial charge in [-0.1, -0.05) is 6.07 Å². The van der Waals surface area contributed by atoms with E-state index in [9.17, 15) is 0 Å². The Balaban J connectivity index is 2.87. The largest absolute Gasteiger partial charge is 0.357 e. The fourth-order valence-corrected chi connectivity index (χ4v) is 2.47. The lowest BCUT2D eigenvalue weighted by atomic mass is 10.1. The van der Waals surface area contributed by atoms with Gasteiger partial charge in [-0.25, -0.2) is 4.98 Å². The standard InChI is InChI=1S/C14H25N3S/c1-11(8-10-18-5)17(4)14-13(12(2)15-3)7-6-9-16-14/h6-7,9,11-12,15H,8,10H2,1-5H3. The number of pyridine rings is 1. The van der Waals surface area contributed by atoms with Gasteiger partial charge in [0.1, 0.15) is 5.82 Å². The Morgan fingerprint density at radius 3 is 2.78 bits per heavy atom. The van der Waals surface area contributed by atoms with E-state index in [-0.39, 0.29) is 0 Å². The Kier molecular flexibility index (Phi) is 6.50. The molecule has 0 fully saturated rings. The van der Waals surface area contributed by atoms with E-state index >= 15 is 0 Å². The molecule has 102 valence electrons. The summed E-state index contributed by atoms with van der Waals surface area (Å²) in [5.41, 5.74) is 1.26. The zero-order valence-electron chi connectivity index (χ0n) is 12.1. The quantitative estimate of drug-likeness (QED) is 0.822. The molecule has 2 unspecified atom stereocenters. The third kappa shape index (κ3) is 3.89. The maximum atomic E-state index is 4.56. The SMILES string of the molecule is CNC(C)c1cccnc1N(C)C(C)CCSC. The Labute approximate surface area is 115 Å². The monoisotopic (exact) mass is 267 g/mol. The highest BCUT2D eigenvalue weighted by atomic mass is 32.2. The molecular formula is C14H25N3S. The highest BCUT2D eigenvalue weighted by Crippen LogP contribution is 2.24. The molecule has 1 N–H and O–H groups in total. The molecule has 0 aromatic carbocycles. The van der Waals surface area contributed by atoms with Crippen molar-refractivity contribution in [2.45, 2.75) is 32.4 Å². The minimum Gasteiger partial charge on any atom is -0.357 e. The minimum absolute atomic E-state index is 0.323.